The first kappa shape index (κ1) is 17.6. The van der Waals surface area contributed by atoms with E-state index < -0.39 is 12.0 Å². The number of hydrogen-bond donors (Lipinski definition) is 3. The van der Waals surface area contributed by atoms with E-state index >= 15 is 0 Å². The second-order valence-electron chi connectivity index (χ2n) is 7.16. The second-order valence-corrected chi connectivity index (χ2v) is 7.16. The molecule has 2 unspecified atom stereocenters. The Labute approximate surface area is 158 Å². The highest BCUT2D eigenvalue weighted by atomic mass is 16.5. The number of aromatic nitrogens is 1. The van der Waals surface area contributed by atoms with E-state index in [1.807, 2.05) is 31.2 Å². The van der Waals surface area contributed by atoms with E-state index in [2.05, 4.69) is 36.3 Å². The summed E-state index contributed by atoms with van der Waals surface area (Å²) in [5.74, 6) is -0.0357. The average Bonchev–Trinajstić information content (AvgIpc) is 3.03. The maximum atomic E-state index is 11.8. The van der Waals surface area contributed by atoms with E-state index in [0.29, 0.717) is 13.0 Å². The van der Waals surface area contributed by atoms with Crippen molar-refractivity contribution in [2.45, 2.75) is 39.3 Å². The molecule has 0 aliphatic carbocycles. The Kier molecular flexibility index (Phi) is 4.40. The number of H-pyrrole nitrogens is 1. The van der Waals surface area contributed by atoms with E-state index in [9.17, 15) is 9.90 Å². The molecule has 1 aromatic heterocycles. The van der Waals surface area contributed by atoms with Gasteiger partial charge in [0.2, 0.25) is 0 Å². The molecule has 1 aliphatic rings. The van der Waals surface area contributed by atoms with Gasteiger partial charge < -0.3 is 14.8 Å². The third-order valence-electron chi connectivity index (χ3n) is 5.45. The number of hydrogen-bond acceptors (Lipinski definition) is 3. The monoisotopic (exact) mass is 364 g/mol. The van der Waals surface area contributed by atoms with Crippen molar-refractivity contribution in [2.24, 2.45) is 0 Å². The molecule has 0 radical (unpaired) electrons. The fourth-order valence-corrected chi connectivity index (χ4v) is 3.96. The normalized spacial score (nSPS) is 19.1. The highest BCUT2D eigenvalue weighted by molar-refractivity contribution is 5.87. The number of aromatic amines is 1. The molecule has 0 amide bonds. The largest absolute Gasteiger partial charge is 0.494 e. The van der Waals surface area contributed by atoms with Crippen LogP contribution in [0.25, 0.3) is 10.9 Å². The smallest absolute Gasteiger partial charge is 0.321 e. The molecular formula is C22H24N2O3. The number of para-hydroxylation sites is 1. The average molecular weight is 364 g/mol. The van der Waals surface area contributed by atoms with Crippen LogP contribution >= 0.6 is 0 Å². The van der Waals surface area contributed by atoms with E-state index in [0.717, 1.165) is 44.6 Å². The van der Waals surface area contributed by atoms with Crippen molar-refractivity contribution >= 4 is 16.9 Å². The number of fused-ring (bicyclic) bond motifs is 3. The number of carboxylic acid groups (broad SMARTS) is 1. The summed E-state index contributed by atoms with van der Waals surface area (Å²) in [6.45, 7) is 6.65. The van der Waals surface area contributed by atoms with Gasteiger partial charge in [-0.2, -0.15) is 0 Å². The lowest BCUT2D eigenvalue weighted by molar-refractivity contribution is -0.139. The van der Waals surface area contributed by atoms with Gasteiger partial charge in [-0.15, -0.1) is 0 Å². The molecule has 5 nitrogen and oxygen atoms in total. The number of aryl methyl sites for hydroxylation is 2. The quantitative estimate of drug-likeness (QED) is 0.657. The van der Waals surface area contributed by atoms with Gasteiger partial charge in [-0.3, -0.25) is 10.1 Å². The highest BCUT2D eigenvalue weighted by Gasteiger charge is 2.35. The van der Waals surface area contributed by atoms with Crippen LogP contribution in [0.5, 0.6) is 5.75 Å². The zero-order valence-corrected chi connectivity index (χ0v) is 15.8. The predicted octanol–water partition coefficient (Wildman–Crippen LogP) is 3.87. The maximum Gasteiger partial charge on any atom is 0.321 e. The first-order valence-electron chi connectivity index (χ1n) is 9.31. The van der Waals surface area contributed by atoms with Gasteiger partial charge in [0.1, 0.15) is 11.8 Å². The molecule has 0 fully saturated rings. The van der Waals surface area contributed by atoms with Crippen molar-refractivity contribution in [1.29, 1.82) is 0 Å². The van der Waals surface area contributed by atoms with E-state index in [-0.39, 0.29) is 6.04 Å². The SMILES string of the molecule is CCOc1cc(C)c(C)cc1C1NC(C(=O)O)Cc2c1[nH]c1ccccc21. The van der Waals surface area contributed by atoms with Gasteiger partial charge in [-0.05, 0) is 49.6 Å². The predicted molar refractivity (Wildman–Crippen MR) is 105 cm³/mol. The van der Waals surface area contributed by atoms with Gasteiger partial charge >= 0.3 is 5.97 Å². The summed E-state index contributed by atoms with van der Waals surface area (Å²) in [6, 6.07) is 11.3. The van der Waals surface area contributed by atoms with Crippen LogP contribution in [-0.4, -0.2) is 28.7 Å². The van der Waals surface area contributed by atoms with Crippen LogP contribution in [-0.2, 0) is 11.2 Å². The Morgan fingerprint density at radius 2 is 1.96 bits per heavy atom. The summed E-state index contributed by atoms with van der Waals surface area (Å²) < 4.78 is 5.91. The van der Waals surface area contributed by atoms with Crippen molar-refractivity contribution in [2.75, 3.05) is 6.61 Å². The molecule has 3 N–H and O–H groups in total. The van der Waals surface area contributed by atoms with Crippen LogP contribution in [0.2, 0.25) is 0 Å². The van der Waals surface area contributed by atoms with Crippen molar-refractivity contribution in [3.05, 3.63) is 64.3 Å². The third-order valence-corrected chi connectivity index (χ3v) is 5.45. The second kappa shape index (κ2) is 6.74. The number of benzene rings is 2. The van der Waals surface area contributed by atoms with Gasteiger partial charge in [-0.25, -0.2) is 0 Å². The van der Waals surface area contributed by atoms with Crippen molar-refractivity contribution in [3.8, 4) is 5.75 Å². The Morgan fingerprint density at radius 1 is 1.22 bits per heavy atom. The standard InChI is InChI=1S/C22H24N2O3/c1-4-27-19-10-13(3)12(2)9-16(19)21-20-15(11-18(24-21)22(25)26)14-7-5-6-8-17(14)23-20/h5-10,18,21,23-24H,4,11H2,1-3H3,(H,25,26). The number of ether oxygens (including phenoxy) is 1. The summed E-state index contributed by atoms with van der Waals surface area (Å²) in [4.78, 5) is 15.3. The first-order valence-corrected chi connectivity index (χ1v) is 9.31. The topological polar surface area (TPSA) is 74.3 Å². The lowest BCUT2D eigenvalue weighted by Crippen LogP contribution is -2.45. The maximum absolute atomic E-state index is 11.8. The van der Waals surface area contributed by atoms with Crippen molar-refractivity contribution in [3.63, 3.8) is 0 Å². The van der Waals surface area contributed by atoms with Crippen LogP contribution in [0.1, 0.15) is 40.9 Å². The van der Waals surface area contributed by atoms with Gasteiger partial charge in [-0.1, -0.05) is 24.3 Å². The van der Waals surface area contributed by atoms with Gasteiger partial charge in [0.25, 0.3) is 0 Å². The van der Waals surface area contributed by atoms with Crippen LogP contribution in [0, 0.1) is 13.8 Å². The van der Waals surface area contributed by atoms with Gasteiger partial charge in [0.05, 0.1) is 12.6 Å². The van der Waals surface area contributed by atoms with Crippen LogP contribution in [0.15, 0.2) is 36.4 Å². The Hall–Kier alpha value is -2.79. The minimum Gasteiger partial charge on any atom is -0.494 e. The molecule has 4 rings (SSSR count). The molecule has 0 bridgehead atoms. The first-order chi connectivity index (χ1) is 13.0. The highest BCUT2D eigenvalue weighted by Crippen LogP contribution is 2.39. The molecule has 0 saturated carbocycles. The lowest BCUT2D eigenvalue weighted by Gasteiger charge is -2.31. The van der Waals surface area contributed by atoms with Crippen LogP contribution in [0.4, 0.5) is 0 Å². The Balaban J connectivity index is 1.93. The van der Waals surface area contributed by atoms with Gasteiger partial charge in [0.15, 0.2) is 0 Å². The molecular weight excluding hydrogens is 340 g/mol. The van der Waals surface area contributed by atoms with E-state index in [1.54, 1.807) is 0 Å². The summed E-state index contributed by atoms with van der Waals surface area (Å²) in [7, 11) is 0. The van der Waals surface area contributed by atoms with E-state index in [4.69, 9.17) is 4.74 Å². The molecule has 0 saturated heterocycles. The minimum atomic E-state index is -0.835. The lowest BCUT2D eigenvalue weighted by atomic mass is 9.88. The van der Waals surface area contributed by atoms with Crippen molar-refractivity contribution < 1.29 is 14.6 Å². The molecule has 0 spiro atoms. The zero-order valence-electron chi connectivity index (χ0n) is 15.8. The Bertz CT molecular complexity index is 1020. The van der Waals surface area contributed by atoms with Crippen molar-refractivity contribution in [1.82, 2.24) is 10.3 Å². The third kappa shape index (κ3) is 2.98. The summed E-state index contributed by atoms with van der Waals surface area (Å²) in [5, 5.41) is 14.1. The zero-order chi connectivity index (χ0) is 19.1. The van der Waals surface area contributed by atoms with E-state index in [1.165, 1.54) is 0 Å². The molecule has 2 atom stereocenters. The molecule has 140 valence electrons. The molecule has 5 heteroatoms. The van der Waals surface area contributed by atoms with Gasteiger partial charge in [0, 0.05) is 28.6 Å². The molecule has 2 aromatic carbocycles. The molecule has 2 heterocycles. The summed E-state index contributed by atoms with van der Waals surface area (Å²) >= 11 is 0. The molecule has 1 aliphatic heterocycles. The number of rotatable bonds is 4. The number of nitrogens with one attached hydrogen (secondary N) is 2. The fourth-order valence-electron chi connectivity index (χ4n) is 3.96. The number of carbonyl (C=O) groups is 1. The Morgan fingerprint density at radius 3 is 2.70 bits per heavy atom. The minimum absolute atomic E-state index is 0.261. The van der Waals surface area contributed by atoms with Crippen LogP contribution in [0.3, 0.4) is 0 Å². The number of carboxylic acids is 1. The fraction of sp³-hybridized carbons (Fsp3) is 0.318. The van der Waals surface area contributed by atoms with Crippen LogP contribution < -0.4 is 10.1 Å². The molecule has 27 heavy (non-hydrogen) atoms. The summed E-state index contributed by atoms with van der Waals surface area (Å²) in [5.41, 5.74) is 6.41. The summed E-state index contributed by atoms with van der Waals surface area (Å²) in [6.07, 6.45) is 0.458. The molecule has 3 aromatic rings. The number of aliphatic carboxylic acids is 1.